The van der Waals surface area contributed by atoms with Crippen molar-refractivity contribution in [1.82, 2.24) is 0 Å². The average molecular weight is 170 g/mol. The van der Waals surface area contributed by atoms with Gasteiger partial charge in [-0.3, -0.25) is 0 Å². The fraction of sp³-hybridized carbons (Fsp3) is 0.800. The molecule has 0 aromatic rings. The minimum Gasteiger partial charge on any atom is -0.348 e. The van der Waals surface area contributed by atoms with Crippen LogP contribution in [0.3, 0.4) is 0 Å². The second-order valence-corrected chi connectivity index (χ2v) is 3.57. The van der Waals surface area contributed by atoms with E-state index in [2.05, 4.69) is 19.1 Å². The lowest BCUT2D eigenvalue weighted by Crippen LogP contribution is -2.21. The maximum absolute atomic E-state index is 5.62. The van der Waals surface area contributed by atoms with Gasteiger partial charge in [-0.2, -0.15) is 0 Å². The second kappa shape index (κ2) is 4.06. The number of ether oxygens (including phenoxy) is 2. The fourth-order valence-electron chi connectivity index (χ4n) is 1.29. The van der Waals surface area contributed by atoms with E-state index in [0.29, 0.717) is 0 Å². The molecule has 0 radical (unpaired) electrons. The van der Waals surface area contributed by atoms with Crippen LogP contribution >= 0.6 is 0 Å². The standard InChI is InChI=1S/C10H18O2/c1-4-5-6-7-9-8-11-10(2,3)12-9/h5-6,9H,4,7-8H2,1-3H3/b6-5-/t9-/m0/s1. The first kappa shape index (κ1) is 9.75. The van der Waals surface area contributed by atoms with Crippen LogP contribution in [0.25, 0.3) is 0 Å². The van der Waals surface area contributed by atoms with E-state index >= 15 is 0 Å². The molecule has 1 atom stereocenters. The van der Waals surface area contributed by atoms with Gasteiger partial charge in [0.25, 0.3) is 0 Å². The second-order valence-electron chi connectivity index (χ2n) is 3.57. The highest BCUT2D eigenvalue weighted by molar-refractivity contribution is 4.85. The molecule has 2 nitrogen and oxygen atoms in total. The van der Waals surface area contributed by atoms with Gasteiger partial charge in [-0.1, -0.05) is 19.1 Å². The maximum atomic E-state index is 5.62. The molecule has 0 N–H and O–H groups in total. The van der Waals surface area contributed by atoms with Crippen LogP contribution in [0, 0.1) is 0 Å². The molecule has 2 heteroatoms. The molecule has 1 aliphatic rings. The van der Waals surface area contributed by atoms with E-state index in [4.69, 9.17) is 9.47 Å². The largest absolute Gasteiger partial charge is 0.348 e. The van der Waals surface area contributed by atoms with Crippen molar-refractivity contribution in [2.75, 3.05) is 6.61 Å². The average Bonchev–Trinajstić information content (AvgIpc) is 2.31. The van der Waals surface area contributed by atoms with Crippen molar-refractivity contribution < 1.29 is 9.47 Å². The van der Waals surface area contributed by atoms with Crippen LogP contribution in [0.5, 0.6) is 0 Å². The van der Waals surface area contributed by atoms with E-state index in [-0.39, 0.29) is 11.9 Å². The van der Waals surface area contributed by atoms with Gasteiger partial charge in [0.1, 0.15) is 0 Å². The summed E-state index contributed by atoms with van der Waals surface area (Å²) in [5, 5.41) is 0. The highest BCUT2D eigenvalue weighted by Gasteiger charge is 2.31. The Kier molecular flexibility index (Phi) is 3.29. The summed E-state index contributed by atoms with van der Waals surface area (Å²) in [6.45, 7) is 6.76. The van der Waals surface area contributed by atoms with Crippen LogP contribution in [0.2, 0.25) is 0 Å². The van der Waals surface area contributed by atoms with Crippen LogP contribution in [0.1, 0.15) is 33.6 Å². The lowest BCUT2D eigenvalue weighted by molar-refractivity contribution is -0.137. The van der Waals surface area contributed by atoms with Crippen LogP contribution in [0.15, 0.2) is 12.2 Å². The molecule has 1 aliphatic heterocycles. The van der Waals surface area contributed by atoms with Gasteiger partial charge in [0.2, 0.25) is 0 Å². The van der Waals surface area contributed by atoms with Gasteiger partial charge in [-0.25, -0.2) is 0 Å². The first-order chi connectivity index (χ1) is 5.64. The summed E-state index contributed by atoms with van der Waals surface area (Å²) in [4.78, 5) is 0. The minimum atomic E-state index is -0.370. The Labute approximate surface area is 74.6 Å². The summed E-state index contributed by atoms with van der Waals surface area (Å²) in [6, 6.07) is 0. The van der Waals surface area contributed by atoms with Crippen LogP contribution in [-0.2, 0) is 9.47 Å². The van der Waals surface area contributed by atoms with Crippen molar-refractivity contribution in [3.8, 4) is 0 Å². The Hall–Kier alpha value is -0.340. The predicted molar refractivity (Wildman–Crippen MR) is 49.0 cm³/mol. The van der Waals surface area contributed by atoms with Gasteiger partial charge in [0, 0.05) is 0 Å². The van der Waals surface area contributed by atoms with Crippen molar-refractivity contribution in [3.05, 3.63) is 12.2 Å². The summed E-state index contributed by atoms with van der Waals surface area (Å²) >= 11 is 0. The molecule has 1 saturated heterocycles. The Bertz CT molecular complexity index is 161. The highest BCUT2D eigenvalue weighted by Crippen LogP contribution is 2.24. The highest BCUT2D eigenvalue weighted by atomic mass is 16.7. The smallest absolute Gasteiger partial charge is 0.163 e. The summed E-state index contributed by atoms with van der Waals surface area (Å²) in [5.74, 6) is -0.370. The molecule has 12 heavy (non-hydrogen) atoms. The Balaban J connectivity index is 2.24. The number of hydrogen-bond acceptors (Lipinski definition) is 2. The summed E-state index contributed by atoms with van der Waals surface area (Å²) in [6.07, 6.45) is 6.64. The minimum absolute atomic E-state index is 0.253. The van der Waals surface area contributed by atoms with Crippen LogP contribution < -0.4 is 0 Å². The van der Waals surface area contributed by atoms with Crippen LogP contribution in [0.4, 0.5) is 0 Å². The SMILES string of the molecule is CC/C=C\C[C@H]1COC(C)(C)O1. The Morgan fingerprint density at radius 1 is 1.42 bits per heavy atom. The van der Waals surface area contributed by atoms with Crippen molar-refractivity contribution in [2.45, 2.75) is 45.5 Å². The summed E-state index contributed by atoms with van der Waals surface area (Å²) in [7, 11) is 0. The zero-order valence-corrected chi connectivity index (χ0v) is 8.17. The zero-order chi connectivity index (χ0) is 9.03. The van der Waals surface area contributed by atoms with Crippen LogP contribution in [-0.4, -0.2) is 18.5 Å². The lowest BCUT2D eigenvalue weighted by atomic mass is 10.2. The van der Waals surface area contributed by atoms with E-state index in [0.717, 1.165) is 19.4 Å². The molecule has 70 valence electrons. The quantitative estimate of drug-likeness (QED) is 0.606. The van der Waals surface area contributed by atoms with Gasteiger partial charge in [-0.15, -0.1) is 0 Å². The molecule has 0 aromatic carbocycles. The first-order valence-corrected chi connectivity index (χ1v) is 4.61. The van der Waals surface area contributed by atoms with E-state index in [9.17, 15) is 0 Å². The topological polar surface area (TPSA) is 18.5 Å². The molecule has 1 rings (SSSR count). The monoisotopic (exact) mass is 170 g/mol. The van der Waals surface area contributed by atoms with E-state index in [1.54, 1.807) is 0 Å². The molecule has 1 fully saturated rings. The molecule has 0 unspecified atom stereocenters. The molecule has 0 aliphatic carbocycles. The normalized spacial score (nSPS) is 28.4. The summed E-state index contributed by atoms with van der Waals surface area (Å²) in [5.41, 5.74) is 0. The number of hydrogen-bond donors (Lipinski definition) is 0. The van der Waals surface area contributed by atoms with Gasteiger partial charge in [0.15, 0.2) is 5.79 Å². The Morgan fingerprint density at radius 2 is 2.17 bits per heavy atom. The molecular formula is C10H18O2. The third kappa shape index (κ3) is 2.95. The van der Waals surface area contributed by atoms with E-state index < -0.39 is 0 Å². The molecule has 0 aromatic heterocycles. The van der Waals surface area contributed by atoms with Gasteiger partial charge >= 0.3 is 0 Å². The molecule has 1 heterocycles. The van der Waals surface area contributed by atoms with Crippen molar-refractivity contribution >= 4 is 0 Å². The van der Waals surface area contributed by atoms with E-state index in [1.807, 2.05) is 13.8 Å². The van der Waals surface area contributed by atoms with Crippen molar-refractivity contribution in [2.24, 2.45) is 0 Å². The number of rotatable bonds is 3. The van der Waals surface area contributed by atoms with Gasteiger partial charge in [-0.05, 0) is 26.7 Å². The molecule has 0 saturated carbocycles. The molecule has 0 spiro atoms. The molecule has 0 bridgehead atoms. The third-order valence-electron chi connectivity index (χ3n) is 1.87. The zero-order valence-electron chi connectivity index (χ0n) is 8.17. The predicted octanol–water partition coefficient (Wildman–Crippen LogP) is 2.49. The van der Waals surface area contributed by atoms with Gasteiger partial charge in [0.05, 0.1) is 12.7 Å². The number of allylic oxidation sites excluding steroid dienone is 1. The summed E-state index contributed by atoms with van der Waals surface area (Å²) < 4.78 is 11.0. The third-order valence-corrected chi connectivity index (χ3v) is 1.87. The first-order valence-electron chi connectivity index (χ1n) is 4.61. The van der Waals surface area contributed by atoms with Crippen molar-refractivity contribution in [3.63, 3.8) is 0 Å². The molecular weight excluding hydrogens is 152 g/mol. The molecule has 0 amide bonds. The lowest BCUT2D eigenvalue weighted by Gasteiger charge is -2.16. The van der Waals surface area contributed by atoms with Gasteiger partial charge < -0.3 is 9.47 Å². The van der Waals surface area contributed by atoms with Crippen molar-refractivity contribution in [1.29, 1.82) is 0 Å². The van der Waals surface area contributed by atoms with E-state index in [1.165, 1.54) is 0 Å². The maximum Gasteiger partial charge on any atom is 0.163 e. The fourth-order valence-corrected chi connectivity index (χ4v) is 1.29. The Morgan fingerprint density at radius 3 is 2.67 bits per heavy atom.